The van der Waals surface area contributed by atoms with Crippen LogP contribution in [0.4, 0.5) is 10.5 Å². The summed E-state index contributed by atoms with van der Waals surface area (Å²) in [5.74, 6) is -0.265. The summed E-state index contributed by atoms with van der Waals surface area (Å²) in [4.78, 5) is 28.0. The Hall–Kier alpha value is -3.07. The van der Waals surface area contributed by atoms with Crippen LogP contribution in [-0.2, 0) is 14.8 Å². The fourth-order valence-corrected chi connectivity index (χ4v) is 4.57. The molecule has 2 aromatic carbocycles. The van der Waals surface area contributed by atoms with Crippen LogP contribution in [0.1, 0.15) is 22.8 Å². The summed E-state index contributed by atoms with van der Waals surface area (Å²) in [6.07, 6.45) is -0.387. The number of nitrogens with zero attached hydrogens (tertiary/aromatic N) is 3. The molecule has 1 aliphatic heterocycles. The summed E-state index contributed by atoms with van der Waals surface area (Å²) in [6, 6.07) is 13.2. The maximum atomic E-state index is 13.1. The van der Waals surface area contributed by atoms with Gasteiger partial charge in [0.25, 0.3) is 15.9 Å². The van der Waals surface area contributed by atoms with E-state index in [1.54, 1.807) is 41.0 Å². The van der Waals surface area contributed by atoms with Gasteiger partial charge in [0.15, 0.2) is 0 Å². The van der Waals surface area contributed by atoms with Gasteiger partial charge in [0.05, 0.1) is 17.2 Å². The van der Waals surface area contributed by atoms with Crippen molar-refractivity contribution in [2.24, 2.45) is 0 Å². The Balaban J connectivity index is 1.74. The first-order valence-corrected chi connectivity index (χ1v) is 11.5. The van der Waals surface area contributed by atoms with Gasteiger partial charge in [-0.15, -0.1) is 0 Å². The zero-order chi connectivity index (χ0) is 22.6. The number of carbonyl (C=O) groups excluding carboxylic acids is 2. The van der Waals surface area contributed by atoms with Crippen molar-refractivity contribution < 1.29 is 22.7 Å². The van der Waals surface area contributed by atoms with E-state index in [1.165, 1.54) is 23.5 Å². The Bertz CT molecular complexity index is 1050. The maximum Gasteiger partial charge on any atom is 0.409 e. The van der Waals surface area contributed by atoms with Crippen LogP contribution in [0.2, 0.25) is 0 Å². The van der Waals surface area contributed by atoms with Crippen molar-refractivity contribution >= 4 is 27.7 Å². The molecule has 0 aromatic heterocycles. The molecule has 0 N–H and O–H groups in total. The number of sulfonamides is 1. The molecule has 0 radical (unpaired) electrons. The molecule has 0 unspecified atom stereocenters. The first-order chi connectivity index (χ1) is 14.7. The van der Waals surface area contributed by atoms with Crippen molar-refractivity contribution in [1.29, 1.82) is 0 Å². The first-order valence-electron chi connectivity index (χ1n) is 10.1. The third-order valence-corrected chi connectivity index (χ3v) is 7.01. The largest absolute Gasteiger partial charge is 0.450 e. The molecule has 0 aliphatic carbocycles. The highest BCUT2D eigenvalue weighted by molar-refractivity contribution is 7.92. The standard InChI is InChI=1S/C22H27N3O5S/c1-4-30-22(27)25-14-12-24(13-15-25)21(26)18-6-5-7-20(16-18)31(28,29)23(3)19-10-8-17(2)9-11-19/h5-11,16H,4,12-15H2,1-3H3. The molecular formula is C22H27N3O5S. The van der Waals surface area contributed by atoms with Crippen molar-refractivity contribution in [3.63, 3.8) is 0 Å². The number of anilines is 1. The molecule has 9 heteroatoms. The summed E-state index contributed by atoms with van der Waals surface area (Å²) >= 11 is 0. The third kappa shape index (κ3) is 4.99. The number of benzene rings is 2. The molecule has 1 heterocycles. The Kier molecular flexibility index (Phi) is 6.84. The van der Waals surface area contributed by atoms with Crippen LogP contribution in [0.15, 0.2) is 53.4 Å². The summed E-state index contributed by atoms with van der Waals surface area (Å²) in [6.45, 7) is 5.44. The van der Waals surface area contributed by atoms with Gasteiger partial charge in [0.1, 0.15) is 0 Å². The van der Waals surface area contributed by atoms with Gasteiger partial charge in [-0.3, -0.25) is 9.10 Å². The molecular weight excluding hydrogens is 418 g/mol. The fourth-order valence-electron chi connectivity index (χ4n) is 3.33. The SMILES string of the molecule is CCOC(=O)N1CCN(C(=O)c2cccc(S(=O)(=O)N(C)c3ccc(C)cc3)c2)CC1. The van der Waals surface area contributed by atoms with Crippen LogP contribution in [0, 0.1) is 6.92 Å². The summed E-state index contributed by atoms with van der Waals surface area (Å²) in [5.41, 5.74) is 1.87. The van der Waals surface area contributed by atoms with Gasteiger partial charge in [-0.1, -0.05) is 23.8 Å². The van der Waals surface area contributed by atoms with Crippen LogP contribution < -0.4 is 4.31 Å². The molecule has 1 fully saturated rings. The molecule has 0 spiro atoms. The molecule has 2 amide bonds. The lowest BCUT2D eigenvalue weighted by atomic mass is 10.2. The van der Waals surface area contributed by atoms with Crippen LogP contribution in [0.3, 0.4) is 0 Å². The monoisotopic (exact) mass is 445 g/mol. The summed E-state index contributed by atoms with van der Waals surface area (Å²) < 4.78 is 32.4. The minimum atomic E-state index is -3.82. The van der Waals surface area contributed by atoms with Crippen molar-refractivity contribution in [3.05, 3.63) is 59.7 Å². The average Bonchev–Trinajstić information content (AvgIpc) is 2.79. The minimum Gasteiger partial charge on any atom is -0.450 e. The van der Waals surface area contributed by atoms with Gasteiger partial charge >= 0.3 is 6.09 Å². The van der Waals surface area contributed by atoms with E-state index in [4.69, 9.17) is 4.74 Å². The number of rotatable bonds is 5. The lowest BCUT2D eigenvalue weighted by molar-refractivity contribution is 0.0570. The number of amides is 2. The molecule has 3 rings (SSSR count). The molecule has 8 nitrogen and oxygen atoms in total. The van der Waals surface area contributed by atoms with Gasteiger partial charge in [-0.05, 0) is 44.2 Å². The third-order valence-electron chi connectivity index (χ3n) is 5.23. The van der Waals surface area contributed by atoms with Crippen molar-refractivity contribution in [2.75, 3.05) is 44.1 Å². The zero-order valence-electron chi connectivity index (χ0n) is 17.9. The Labute approximate surface area is 183 Å². The molecule has 1 saturated heterocycles. The predicted octanol–water partition coefficient (Wildman–Crippen LogP) is 2.73. The normalized spacial score (nSPS) is 14.3. The smallest absolute Gasteiger partial charge is 0.409 e. The van der Waals surface area contributed by atoms with E-state index in [-0.39, 0.29) is 16.9 Å². The average molecular weight is 446 g/mol. The number of piperazine rings is 1. The van der Waals surface area contributed by atoms with E-state index in [2.05, 4.69) is 0 Å². The van der Waals surface area contributed by atoms with Crippen molar-refractivity contribution in [3.8, 4) is 0 Å². The number of ether oxygens (including phenoxy) is 1. The number of hydrogen-bond acceptors (Lipinski definition) is 5. The molecule has 1 aliphatic rings. The van der Waals surface area contributed by atoms with Gasteiger partial charge in [-0.25, -0.2) is 13.2 Å². The molecule has 0 atom stereocenters. The lowest BCUT2D eigenvalue weighted by Crippen LogP contribution is -2.50. The Morgan fingerprint density at radius 1 is 1.00 bits per heavy atom. The second-order valence-corrected chi connectivity index (χ2v) is 9.28. The van der Waals surface area contributed by atoms with E-state index < -0.39 is 10.0 Å². The van der Waals surface area contributed by atoms with Crippen LogP contribution in [0.5, 0.6) is 0 Å². The summed E-state index contributed by atoms with van der Waals surface area (Å²) in [7, 11) is -2.34. The fraction of sp³-hybridized carbons (Fsp3) is 0.364. The molecule has 166 valence electrons. The number of aryl methyl sites for hydroxylation is 1. The highest BCUT2D eigenvalue weighted by atomic mass is 32.2. The van der Waals surface area contributed by atoms with Crippen molar-refractivity contribution in [1.82, 2.24) is 9.80 Å². The van der Waals surface area contributed by atoms with E-state index in [1.807, 2.05) is 19.1 Å². The molecule has 0 bridgehead atoms. The second kappa shape index (κ2) is 9.38. The van der Waals surface area contributed by atoms with Gasteiger partial charge in [0, 0.05) is 38.8 Å². The second-order valence-electron chi connectivity index (χ2n) is 7.31. The number of hydrogen-bond donors (Lipinski definition) is 0. The van der Waals surface area contributed by atoms with Crippen LogP contribution in [-0.4, -0.2) is 70.1 Å². The van der Waals surface area contributed by atoms with Crippen LogP contribution in [0.25, 0.3) is 0 Å². The van der Waals surface area contributed by atoms with E-state index in [0.717, 1.165) is 5.56 Å². The number of carbonyl (C=O) groups is 2. The van der Waals surface area contributed by atoms with E-state index >= 15 is 0 Å². The molecule has 31 heavy (non-hydrogen) atoms. The quantitative estimate of drug-likeness (QED) is 0.706. The summed E-state index contributed by atoms with van der Waals surface area (Å²) in [5, 5.41) is 0. The van der Waals surface area contributed by atoms with Gasteiger partial charge < -0.3 is 14.5 Å². The van der Waals surface area contributed by atoms with Gasteiger partial charge in [-0.2, -0.15) is 0 Å². The van der Waals surface area contributed by atoms with Gasteiger partial charge in [0.2, 0.25) is 0 Å². The zero-order valence-corrected chi connectivity index (χ0v) is 18.8. The van der Waals surface area contributed by atoms with E-state index in [0.29, 0.717) is 44.0 Å². The Morgan fingerprint density at radius 2 is 1.61 bits per heavy atom. The minimum absolute atomic E-state index is 0.0478. The Morgan fingerprint density at radius 3 is 2.23 bits per heavy atom. The highest BCUT2D eigenvalue weighted by Crippen LogP contribution is 2.23. The predicted molar refractivity (Wildman–Crippen MR) is 118 cm³/mol. The first kappa shape index (κ1) is 22.6. The topological polar surface area (TPSA) is 87.2 Å². The molecule has 0 saturated carbocycles. The lowest BCUT2D eigenvalue weighted by Gasteiger charge is -2.34. The van der Waals surface area contributed by atoms with E-state index in [9.17, 15) is 18.0 Å². The molecule has 2 aromatic rings. The highest BCUT2D eigenvalue weighted by Gasteiger charge is 2.27. The van der Waals surface area contributed by atoms with Crippen LogP contribution >= 0.6 is 0 Å². The maximum absolute atomic E-state index is 13.1. The van der Waals surface area contributed by atoms with Crippen molar-refractivity contribution in [2.45, 2.75) is 18.7 Å².